The summed E-state index contributed by atoms with van der Waals surface area (Å²) in [5.41, 5.74) is 0.980. The van der Waals surface area contributed by atoms with Gasteiger partial charge in [0.1, 0.15) is 0 Å². The molecule has 0 amide bonds. The molecule has 1 heterocycles. The minimum absolute atomic E-state index is 0.341. The Morgan fingerprint density at radius 1 is 1.60 bits per heavy atom. The minimum Gasteiger partial charge on any atom is -0.388 e. The highest BCUT2D eigenvalue weighted by Crippen LogP contribution is 2.18. The number of aliphatic hydroxyl groups excluding tert-OH is 1. The van der Waals surface area contributed by atoms with Crippen molar-refractivity contribution < 1.29 is 5.11 Å². The molecule has 3 heteroatoms. The number of nitriles is 1. The maximum absolute atomic E-state index is 9.74. The van der Waals surface area contributed by atoms with Crippen LogP contribution >= 0.6 is 0 Å². The number of nitrogens with zero attached hydrogens (tertiary/aromatic N) is 2. The van der Waals surface area contributed by atoms with Gasteiger partial charge in [-0.15, -0.1) is 0 Å². The van der Waals surface area contributed by atoms with Gasteiger partial charge in [-0.3, -0.25) is 0 Å². The molecule has 0 aliphatic carbocycles. The second-order valence-electron chi connectivity index (χ2n) is 3.75. The lowest BCUT2D eigenvalue weighted by molar-refractivity contribution is 0.166. The van der Waals surface area contributed by atoms with Crippen molar-refractivity contribution in [1.82, 2.24) is 4.57 Å². The first-order chi connectivity index (χ1) is 7.27. The molecule has 1 aromatic heterocycles. The lowest BCUT2D eigenvalue weighted by atomic mass is 10.1. The lowest BCUT2D eigenvalue weighted by Gasteiger charge is -2.06. The van der Waals surface area contributed by atoms with Gasteiger partial charge in [-0.05, 0) is 24.5 Å². The molecule has 0 fully saturated rings. The number of aliphatic hydroxyl groups is 1. The van der Waals surface area contributed by atoms with Crippen LogP contribution in [0.3, 0.4) is 0 Å². The predicted octanol–water partition coefficient (Wildman–Crippen LogP) is 2.63. The van der Waals surface area contributed by atoms with Crippen LogP contribution < -0.4 is 0 Å². The highest BCUT2D eigenvalue weighted by atomic mass is 16.3. The van der Waals surface area contributed by atoms with Gasteiger partial charge >= 0.3 is 0 Å². The topological polar surface area (TPSA) is 49.0 Å². The van der Waals surface area contributed by atoms with Gasteiger partial charge in [0.25, 0.3) is 0 Å². The standard InChI is InChI=1S/C12H18N2O/c1-2-5-12(15)11-6-9-14(10-11)8-4-3-7-13/h6,9-10,12,15H,2-5,8H2,1H3. The maximum atomic E-state index is 9.74. The Balaban J connectivity index is 2.45. The molecule has 0 aliphatic rings. The number of hydrogen-bond donors (Lipinski definition) is 1. The fourth-order valence-electron chi connectivity index (χ4n) is 1.58. The van der Waals surface area contributed by atoms with Gasteiger partial charge in [0, 0.05) is 25.4 Å². The van der Waals surface area contributed by atoms with Crippen molar-refractivity contribution in [3.63, 3.8) is 0 Å². The number of unbranched alkanes of at least 4 members (excludes halogenated alkanes) is 1. The Morgan fingerprint density at radius 3 is 3.07 bits per heavy atom. The molecule has 82 valence electrons. The zero-order valence-electron chi connectivity index (χ0n) is 9.19. The first-order valence-corrected chi connectivity index (χ1v) is 5.48. The van der Waals surface area contributed by atoms with E-state index in [4.69, 9.17) is 5.26 Å². The lowest BCUT2D eigenvalue weighted by Crippen LogP contribution is -1.96. The Bertz CT molecular complexity index is 325. The van der Waals surface area contributed by atoms with Gasteiger partial charge in [-0.2, -0.15) is 5.26 Å². The van der Waals surface area contributed by atoms with Crippen LogP contribution in [0.2, 0.25) is 0 Å². The summed E-state index contributed by atoms with van der Waals surface area (Å²) in [4.78, 5) is 0. The van der Waals surface area contributed by atoms with Gasteiger partial charge < -0.3 is 9.67 Å². The molecule has 0 aromatic carbocycles. The van der Waals surface area contributed by atoms with Crippen molar-refractivity contribution >= 4 is 0 Å². The molecule has 3 nitrogen and oxygen atoms in total. The van der Waals surface area contributed by atoms with Crippen LogP contribution in [0.15, 0.2) is 18.5 Å². The van der Waals surface area contributed by atoms with E-state index >= 15 is 0 Å². The summed E-state index contributed by atoms with van der Waals surface area (Å²) in [7, 11) is 0. The van der Waals surface area contributed by atoms with E-state index in [9.17, 15) is 5.11 Å². The molecule has 1 aromatic rings. The fourth-order valence-corrected chi connectivity index (χ4v) is 1.58. The molecule has 0 radical (unpaired) electrons. The third-order valence-electron chi connectivity index (χ3n) is 2.43. The molecule has 1 unspecified atom stereocenters. The van der Waals surface area contributed by atoms with Gasteiger partial charge in [-0.25, -0.2) is 0 Å². The van der Waals surface area contributed by atoms with E-state index < -0.39 is 0 Å². The highest BCUT2D eigenvalue weighted by Gasteiger charge is 2.07. The Morgan fingerprint density at radius 2 is 2.40 bits per heavy atom. The zero-order chi connectivity index (χ0) is 11.1. The predicted molar refractivity (Wildman–Crippen MR) is 59.1 cm³/mol. The number of hydrogen-bond acceptors (Lipinski definition) is 2. The van der Waals surface area contributed by atoms with E-state index in [-0.39, 0.29) is 6.10 Å². The molecule has 1 atom stereocenters. The third kappa shape index (κ3) is 3.77. The van der Waals surface area contributed by atoms with Crippen LogP contribution in [0.5, 0.6) is 0 Å². The summed E-state index contributed by atoms with van der Waals surface area (Å²) in [6.07, 6.45) is 6.85. The average molecular weight is 206 g/mol. The first-order valence-electron chi connectivity index (χ1n) is 5.48. The molecule has 15 heavy (non-hydrogen) atoms. The van der Waals surface area contributed by atoms with Gasteiger partial charge in [0.05, 0.1) is 12.2 Å². The summed E-state index contributed by atoms with van der Waals surface area (Å²) in [6.45, 7) is 2.92. The van der Waals surface area contributed by atoms with Crippen molar-refractivity contribution in [3.05, 3.63) is 24.0 Å². The Hall–Kier alpha value is -1.27. The molecular weight excluding hydrogens is 188 g/mol. The van der Waals surface area contributed by atoms with Crippen molar-refractivity contribution in [2.45, 2.75) is 45.3 Å². The van der Waals surface area contributed by atoms with Gasteiger partial charge in [0.15, 0.2) is 0 Å². The first kappa shape index (κ1) is 11.8. The average Bonchev–Trinajstić information content (AvgIpc) is 2.67. The number of rotatable bonds is 6. The highest BCUT2D eigenvalue weighted by molar-refractivity contribution is 5.13. The number of aryl methyl sites for hydroxylation is 1. The van der Waals surface area contributed by atoms with E-state index in [1.54, 1.807) is 0 Å². The Kier molecular flexibility index (Phi) is 4.92. The van der Waals surface area contributed by atoms with Crippen LogP contribution in [0.4, 0.5) is 0 Å². The van der Waals surface area contributed by atoms with Gasteiger partial charge in [-0.1, -0.05) is 13.3 Å². The third-order valence-corrected chi connectivity index (χ3v) is 2.43. The molecule has 0 spiro atoms. The van der Waals surface area contributed by atoms with Crippen LogP contribution in [0.1, 0.15) is 44.3 Å². The summed E-state index contributed by atoms with van der Waals surface area (Å²) >= 11 is 0. The second kappa shape index (κ2) is 6.26. The molecule has 1 N–H and O–H groups in total. The quantitative estimate of drug-likeness (QED) is 0.727. The zero-order valence-corrected chi connectivity index (χ0v) is 9.19. The van der Waals surface area contributed by atoms with E-state index in [1.165, 1.54) is 0 Å². The van der Waals surface area contributed by atoms with E-state index in [2.05, 4.69) is 13.0 Å². The normalized spacial score (nSPS) is 12.3. The molecule has 1 rings (SSSR count). The van der Waals surface area contributed by atoms with E-state index in [0.29, 0.717) is 6.42 Å². The summed E-state index contributed by atoms with van der Waals surface area (Å²) in [6, 6.07) is 4.08. The van der Waals surface area contributed by atoms with Crippen LogP contribution in [0, 0.1) is 11.3 Å². The van der Waals surface area contributed by atoms with Crippen molar-refractivity contribution in [2.24, 2.45) is 0 Å². The van der Waals surface area contributed by atoms with Crippen LogP contribution in [-0.4, -0.2) is 9.67 Å². The second-order valence-corrected chi connectivity index (χ2v) is 3.75. The van der Waals surface area contributed by atoms with Crippen molar-refractivity contribution in [2.75, 3.05) is 0 Å². The van der Waals surface area contributed by atoms with Gasteiger partial charge in [0.2, 0.25) is 0 Å². The minimum atomic E-state index is -0.341. The largest absolute Gasteiger partial charge is 0.388 e. The van der Waals surface area contributed by atoms with Crippen LogP contribution in [0.25, 0.3) is 0 Å². The SMILES string of the molecule is CCCC(O)c1ccn(CCCC#N)c1. The van der Waals surface area contributed by atoms with Crippen molar-refractivity contribution in [1.29, 1.82) is 5.26 Å². The van der Waals surface area contributed by atoms with Crippen molar-refractivity contribution in [3.8, 4) is 6.07 Å². The molecule has 0 bridgehead atoms. The molecule has 0 saturated heterocycles. The fraction of sp³-hybridized carbons (Fsp3) is 0.583. The molecule has 0 saturated carbocycles. The number of aromatic nitrogens is 1. The van der Waals surface area contributed by atoms with Crippen LogP contribution in [-0.2, 0) is 6.54 Å². The Labute approximate surface area is 91.0 Å². The summed E-state index contributed by atoms with van der Waals surface area (Å²) in [5.74, 6) is 0. The molecular formula is C12H18N2O. The summed E-state index contributed by atoms with van der Waals surface area (Å²) in [5, 5.41) is 18.1. The molecule has 0 aliphatic heterocycles. The maximum Gasteiger partial charge on any atom is 0.0804 e. The van der Waals surface area contributed by atoms with E-state index in [0.717, 1.165) is 31.4 Å². The smallest absolute Gasteiger partial charge is 0.0804 e. The van der Waals surface area contributed by atoms with E-state index in [1.807, 2.05) is 23.0 Å². The summed E-state index contributed by atoms with van der Waals surface area (Å²) < 4.78 is 2.03. The monoisotopic (exact) mass is 206 g/mol.